The predicted molar refractivity (Wildman–Crippen MR) is 69.8 cm³/mol. The minimum absolute atomic E-state index is 0.0845. The van der Waals surface area contributed by atoms with Gasteiger partial charge in [-0.3, -0.25) is 19.5 Å². The summed E-state index contributed by atoms with van der Waals surface area (Å²) in [5, 5.41) is 14.5. The number of nitrogens with one attached hydrogen (secondary N) is 1. The van der Waals surface area contributed by atoms with Gasteiger partial charge in [-0.05, 0) is 17.7 Å². The normalized spacial score (nSPS) is 19.8. The zero-order valence-corrected chi connectivity index (χ0v) is 10.9. The Morgan fingerprint density at radius 1 is 1.65 bits per heavy atom. The van der Waals surface area contributed by atoms with Crippen molar-refractivity contribution in [1.29, 1.82) is 0 Å². The number of likely N-dealkylation sites (tertiary alicyclic amines) is 1. The molecule has 8 heteroatoms. The molecule has 1 fully saturated rings. The largest absolute Gasteiger partial charge is 0.409 e. The first kappa shape index (κ1) is 13.9. The van der Waals surface area contributed by atoms with Crippen LogP contribution in [0.5, 0.6) is 0 Å². The topological polar surface area (TPSA) is 121 Å². The van der Waals surface area contributed by atoms with Crippen LogP contribution in [0.1, 0.15) is 17.7 Å². The summed E-state index contributed by atoms with van der Waals surface area (Å²) in [6.07, 6.45) is 1.69. The van der Waals surface area contributed by atoms with Crippen molar-refractivity contribution in [3.05, 3.63) is 29.6 Å². The van der Waals surface area contributed by atoms with Crippen LogP contribution in [0.15, 0.2) is 23.5 Å². The average molecular weight is 277 g/mol. The quantitative estimate of drug-likeness (QED) is 0.214. The Kier molecular flexibility index (Phi) is 3.94. The van der Waals surface area contributed by atoms with Crippen LogP contribution in [0.2, 0.25) is 0 Å². The van der Waals surface area contributed by atoms with Gasteiger partial charge in [0.1, 0.15) is 5.69 Å². The maximum absolute atomic E-state index is 11.7. The molecule has 0 saturated carbocycles. The first-order valence-corrected chi connectivity index (χ1v) is 5.99. The first-order valence-electron chi connectivity index (χ1n) is 5.99. The lowest BCUT2D eigenvalue weighted by Crippen LogP contribution is -2.36. The summed E-state index contributed by atoms with van der Waals surface area (Å²) in [5.74, 6) is -0.515. The summed E-state index contributed by atoms with van der Waals surface area (Å²) < 4.78 is 0. The third kappa shape index (κ3) is 2.75. The van der Waals surface area contributed by atoms with Crippen molar-refractivity contribution in [3.63, 3.8) is 0 Å². The number of carbonyl (C=O) groups is 2. The molecule has 2 rings (SSSR count). The lowest BCUT2D eigenvalue weighted by molar-refractivity contribution is -0.137. The molecular weight excluding hydrogens is 262 g/mol. The van der Waals surface area contributed by atoms with Crippen molar-refractivity contribution in [2.75, 3.05) is 7.05 Å². The Hall–Kier alpha value is -2.48. The highest BCUT2D eigenvalue weighted by molar-refractivity contribution is 6.05. The first-order chi connectivity index (χ1) is 9.52. The molecule has 0 aromatic carbocycles. The van der Waals surface area contributed by atoms with Crippen molar-refractivity contribution in [3.8, 4) is 0 Å². The van der Waals surface area contributed by atoms with Crippen molar-refractivity contribution < 1.29 is 14.8 Å². The second kappa shape index (κ2) is 5.66. The van der Waals surface area contributed by atoms with Gasteiger partial charge in [0.25, 0.3) is 0 Å². The van der Waals surface area contributed by atoms with Crippen molar-refractivity contribution in [1.82, 2.24) is 15.2 Å². The number of oxime groups is 1. The Morgan fingerprint density at radius 2 is 2.40 bits per heavy atom. The number of pyridine rings is 1. The molecule has 2 heterocycles. The van der Waals surface area contributed by atoms with Crippen LogP contribution in [-0.4, -0.2) is 45.8 Å². The van der Waals surface area contributed by atoms with E-state index < -0.39 is 6.04 Å². The third-order valence-corrected chi connectivity index (χ3v) is 3.13. The number of amides is 2. The van der Waals surface area contributed by atoms with Crippen LogP contribution < -0.4 is 11.1 Å². The van der Waals surface area contributed by atoms with Gasteiger partial charge in [0.2, 0.25) is 11.8 Å². The molecule has 1 aromatic rings. The fourth-order valence-corrected chi connectivity index (χ4v) is 1.93. The summed E-state index contributed by atoms with van der Waals surface area (Å²) in [6.45, 7) is 0.381. The van der Waals surface area contributed by atoms with Crippen molar-refractivity contribution in [2.24, 2.45) is 10.9 Å². The number of nitrogens with two attached hydrogens (primary N) is 1. The van der Waals surface area contributed by atoms with Crippen LogP contribution in [0.3, 0.4) is 0 Å². The number of aromatic nitrogens is 1. The second-order valence-corrected chi connectivity index (χ2v) is 4.46. The van der Waals surface area contributed by atoms with Crippen LogP contribution in [0.25, 0.3) is 0 Å². The van der Waals surface area contributed by atoms with Crippen LogP contribution in [0.4, 0.5) is 0 Å². The highest BCUT2D eigenvalue weighted by atomic mass is 16.4. The van der Waals surface area contributed by atoms with Crippen LogP contribution in [-0.2, 0) is 16.1 Å². The van der Waals surface area contributed by atoms with Crippen molar-refractivity contribution >= 4 is 17.6 Å². The van der Waals surface area contributed by atoms with Gasteiger partial charge in [-0.2, -0.15) is 0 Å². The fourth-order valence-electron chi connectivity index (χ4n) is 1.93. The van der Waals surface area contributed by atoms with Gasteiger partial charge in [-0.1, -0.05) is 5.16 Å². The van der Waals surface area contributed by atoms with E-state index in [1.165, 1.54) is 13.2 Å². The fraction of sp³-hybridized carbons (Fsp3) is 0.333. The highest BCUT2D eigenvalue weighted by Crippen LogP contribution is 2.11. The Balaban J connectivity index is 2.02. The number of likely N-dealkylation sites (N-methyl/N-ethyl adjacent to an activating group) is 1. The summed E-state index contributed by atoms with van der Waals surface area (Å²) >= 11 is 0. The number of nitrogens with zero attached hydrogens (tertiary/aromatic N) is 3. The molecule has 0 spiro atoms. The third-order valence-electron chi connectivity index (χ3n) is 3.13. The maximum atomic E-state index is 11.7. The van der Waals surface area contributed by atoms with Gasteiger partial charge in [-0.15, -0.1) is 0 Å². The van der Waals surface area contributed by atoms with E-state index in [9.17, 15) is 9.59 Å². The van der Waals surface area contributed by atoms with E-state index in [-0.39, 0.29) is 24.1 Å². The monoisotopic (exact) mass is 277 g/mol. The molecule has 4 N–H and O–H groups in total. The van der Waals surface area contributed by atoms with Gasteiger partial charge in [-0.25, -0.2) is 0 Å². The molecule has 0 aliphatic carbocycles. The maximum Gasteiger partial charge on any atom is 0.246 e. The van der Waals surface area contributed by atoms with Crippen molar-refractivity contribution in [2.45, 2.75) is 19.0 Å². The standard InChI is InChI=1S/C12H15N5O3/c1-17-10(18)5-9(12(17)19)15-6-7-2-3-14-8(4-7)11(13)16-20/h2-4,9,15,20H,5-6H2,1H3,(H2,13,16). The van der Waals surface area contributed by atoms with Gasteiger partial charge in [0, 0.05) is 19.8 Å². The molecule has 20 heavy (non-hydrogen) atoms. The van der Waals surface area contributed by atoms with E-state index in [0.29, 0.717) is 12.2 Å². The smallest absolute Gasteiger partial charge is 0.246 e. The minimum atomic E-state index is -0.507. The van der Waals surface area contributed by atoms with Crippen LogP contribution >= 0.6 is 0 Å². The van der Waals surface area contributed by atoms with E-state index in [4.69, 9.17) is 10.9 Å². The molecule has 1 atom stereocenters. The van der Waals surface area contributed by atoms with Gasteiger partial charge >= 0.3 is 0 Å². The number of carbonyl (C=O) groups excluding carboxylic acids is 2. The summed E-state index contributed by atoms with van der Waals surface area (Å²) in [6, 6.07) is 2.88. The van der Waals surface area contributed by atoms with Gasteiger partial charge in [0.05, 0.1) is 12.5 Å². The highest BCUT2D eigenvalue weighted by Gasteiger charge is 2.35. The lowest BCUT2D eigenvalue weighted by atomic mass is 10.2. The molecular formula is C12H15N5O3. The molecule has 1 unspecified atom stereocenters. The average Bonchev–Trinajstić information content (AvgIpc) is 2.72. The summed E-state index contributed by atoms with van der Waals surface area (Å²) in [5.41, 5.74) is 6.61. The Bertz CT molecular complexity index is 572. The minimum Gasteiger partial charge on any atom is -0.409 e. The molecule has 1 aromatic heterocycles. The molecule has 1 aliphatic heterocycles. The summed E-state index contributed by atoms with van der Waals surface area (Å²) in [4.78, 5) is 28.2. The van der Waals surface area contributed by atoms with E-state index in [1.807, 2.05) is 0 Å². The Labute approximate surface area is 115 Å². The number of hydrogen-bond acceptors (Lipinski definition) is 6. The summed E-state index contributed by atoms with van der Waals surface area (Å²) in [7, 11) is 1.47. The van der Waals surface area contributed by atoms with E-state index in [1.54, 1.807) is 12.1 Å². The zero-order valence-electron chi connectivity index (χ0n) is 10.9. The number of imide groups is 1. The molecule has 0 bridgehead atoms. The lowest BCUT2D eigenvalue weighted by Gasteiger charge is -2.11. The molecule has 0 radical (unpaired) electrons. The van der Waals surface area contributed by atoms with Crippen LogP contribution in [0, 0.1) is 0 Å². The molecule has 8 nitrogen and oxygen atoms in total. The van der Waals surface area contributed by atoms with Gasteiger partial charge in [0.15, 0.2) is 5.84 Å². The number of hydrogen-bond donors (Lipinski definition) is 3. The zero-order chi connectivity index (χ0) is 14.7. The molecule has 1 saturated heterocycles. The van der Waals surface area contributed by atoms with E-state index >= 15 is 0 Å². The SMILES string of the molecule is CN1C(=O)CC(NCc2ccnc(C(N)=NO)c2)C1=O. The predicted octanol–water partition coefficient (Wildman–Crippen LogP) is -0.977. The number of amidine groups is 1. The van der Waals surface area contributed by atoms with E-state index in [2.05, 4.69) is 15.5 Å². The Morgan fingerprint density at radius 3 is 3.00 bits per heavy atom. The number of rotatable bonds is 4. The van der Waals surface area contributed by atoms with Gasteiger partial charge < -0.3 is 16.3 Å². The second-order valence-electron chi connectivity index (χ2n) is 4.46. The van der Waals surface area contributed by atoms with E-state index in [0.717, 1.165) is 10.5 Å². The molecule has 1 aliphatic rings. The molecule has 106 valence electrons. The molecule has 2 amide bonds.